The summed E-state index contributed by atoms with van der Waals surface area (Å²) in [6.07, 6.45) is 3.80. The Balaban J connectivity index is 2.77. The number of nitrogens with one attached hydrogen (secondary N) is 1. The minimum Gasteiger partial charge on any atom is -0.391 e. The fourth-order valence-corrected chi connectivity index (χ4v) is 1.83. The van der Waals surface area contributed by atoms with Gasteiger partial charge in [0.25, 0.3) is 0 Å². The lowest BCUT2D eigenvalue weighted by molar-refractivity contribution is 0.512. The lowest BCUT2D eigenvalue weighted by atomic mass is 9.87. The molecule has 0 spiro atoms. The van der Waals surface area contributed by atoms with Crippen LogP contribution in [0.1, 0.15) is 26.2 Å². The third-order valence-corrected chi connectivity index (χ3v) is 2.57. The van der Waals surface area contributed by atoms with Crippen LogP contribution in [0.5, 0.6) is 0 Å². The molecule has 0 aromatic heterocycles. The highest BCUT2D eigenvalue weighted by Crippen LogP contribution is 2.27. The maximum Gasteiger partial charge on any atom is 0.0159 e. The first-order valence-electron chi connectivity index (χ1n) is 4.39. The Morgan fingerprint density at radius 1 is 1.64 bits per heavy atom. The van der Waals surface area contributed by atoms with Gasteiger partial charge in [0, 0.05) is 19.3 Å². The van der Waals surface area contributed by atoms with Gasteiger partial charge in [-0.05, 0) is 30.8 Å². The fourth-order valence-electron chi connectivity index (χ4n) is 1.83. The molecule has 1 rings (SSSR count). The largest absolute Gasteiger partial charge is 0.391 e. The van der Waals surface area contributed by atoms with E-state index in [1.165, 1.54) is 30.5 Å². The van der Waals surface area contributed by atoms with Gasteiger partial charge in [-0.1, -0.05) is 6.92 Å². The first-order chi connectivity index (χ1) is 5.29. The van der Waals surface area contributed by atoms with Gasteiger partial charge in [0.2, 0.25) is 0 Å². The molecule has 0 aromatic carbocycles. The van der Waals surface area contributed by atoms with Crippen molar-refractivity contribution in [2.75, 3.05) is 13.6 Å². The molecular formula is C9H18N2. The van der Waals surface area contributed by atoms with Gasteiger partial charge in [-0.3, -0.25) is 0 Å². The average molecular weight is 154 g/mol. The summed E-state index contributed by atoms with van der Waals surface area (Å²) >= 11 is 0. The van der Waals surface area contributed by atoms with Gasteiger partial charge in [-0.25, -0.2) is 0 Å². The van der Waals surface area contributed by atoms with Crippen molar-refractivity contribution in [2.45, 2.75) is 26.2 Å². The topological polar surface area (TPSA) is 38.0 Å². The molecule has 2 heteroatoms. The van der Waals surface area contributed by atoms with Crippen LogP contribution in [-0.4, -0.2) is 13.6 Å². The molecule has 0 amide bonds. The molecule has 0 fully saturated rings. The lowest BCUT2D eigenvalue weighted by Crippen LogP contribution is -2.22. The van der Waals surface area contributed by atoms with Crippen LogP contribution in [-0.2, 0) is 0 Å². The number of hydrogen-bond acceptors (Lipinski definition) is 2. The van der Waals surface area contributed by atoms with Crippen molar-refractivity contribution in [3.63, 3.8) is 0 Å². The van der Waals surface area contributed by atoms with Crippen LogP contribution in [0.25, 0.3) is 0 Å². The van der Waals surface area contributed by atoms with Crippen molar-refractivity contribution in [2.24, 2.45) is 11.7 Å². The molecular weight excluding hydrogens is 136 g/mol. The van der Waals surface area contributed by atoms with Crippen LogP contribution in [0.3, 0.4) is 0 Å². The second kappa shape index (κ2) is 3.77. The summed E-state index contributed by atoms with van der Waals surface area (Å²) in [5.41, 5.74) is 8.47. The summed E-state index contributed by atoms with van der Waals surface area (Å²) in [4.78, 5) is 0. The van der Waals surface area contributed by atoms with E-state index in [4.69, 9.17) is 5.73 Å². The third-order valence-electron chi connectivity index (χ3n) is 2.57. The summed E-state index contributed by atoms with van der Waals surface area (Å²) in [7, 11) is 1.99. The smallest absolute Gasteiger partial charge is 0.0159 e. The van der Waals surface area contributed by atoms with Gasteiger partial charge in [-0.2, -0.15) is 0 Å². The summed E-state index contributed by atoms with van der Waals surface area (Å²) < 4.78 is 0. The Morgan fingerprint density at radius 3 is 2.82 bits per heavy atom. The van der Waals surface area contributed by atoms with Crippen molar-refractivity contribution < 1.29 is 0 Å². The third kappa shape index (κ3) is 1.74. The Morgan fingerprint density at radius 2 is 2.36 bits per heavy atom. The molecule has 0 aromatic rings. The zero-order valence-electron chi connectivity index (χ0n) is 7.48. The Hall–Kier alpha value is -0.500. The van der Waals surface area contributed by atoms with E-state index >= 15 is 0 Å². The van der Waals surface area contributed by atoms with E-state index in [9.17, 15) is 0 Å². The Labute approximate surface area is 68.9 Å². The van der Waals surface area contributed by atoms with E-state index < -0.39 is 0 Å². The zero-order chi connectivity index (χ0) is 8.27. The predicted octanol–water partition coefficient (Wildman–Crippen LogP) is 1.24. The Bertz CT molecular complexity index is 161. The number of allylic oxidation sites excluding steroid dienone is 1. The SMILES string of the molecule is CNC1=C(CN)[C@H](C)CCC1. The summed E-state index contributed by atoms with van der Waals surface area (Å²) in [6, 6.07) is 0. The van der Waals surface area contributed by atoms with E-state index in [1.807, 2.05) is 7.05 Å². The first kappa shape index (κ1) is 8.60. The van der Waals surface area contributed by atoms with Gasteiger partial charge in [0.05, 0.1) is 0 Å². The van der Waals surface area contributed by atoms with Crippen LogP contribution in [0, 0.1) is 5.92 Å². The average Bonchev–Trinajstić information content (AvgIpc) is 2.04. The van der Waals surface area contributed by atoms with Crippen molar-refractivity contribution in [1.82, 2.24) is 5.32 Å². The number of hydrogen-bond donors (Lipinski definition) is 2. The summed E-state index contributed by atoms with van der Waals surface area (Å²) in [6.45, 7) is 2.98. The second-order valence-electron chi connectivity index (χ2n) is 3.25. The maximum atomic E-state index is 5.66. The molecule has 64 valence electrons. The van der Waals surface area contributed by atoms with Gasteiger partial charge in [-0.15, -0.1) is 0 Å². The normalized spacial score (nSPS) is 25.5. The summed E-state index contributed by atoms with van der Waals surface area (Å²) in [5, 5.41) is 3.23. The highest BCUT2D eigenvalue weighted by molar-refractivity contribution is 5.18. The van der Waals surface area contributed by atoms with Crippen molar-refractivity contribution in [3.8, 4) is 0 Å². The highest BCUT2D eigenvalue weighted by Gasteiger charge is 2.16. The Kier molecular flexibility index (Phi) is 2.94. The predicted molar refractivity (Wildman–Crippen MR) is 48.2 cm³/mol. The van der Waals surface area contributed by atoms with Crippen LogP contribution >= 0.6 is 0 Å². The monoisotopic (exact) mass is 154 g/mol. The molecule has 0 aliphatic heterocycles. The molecule has 11 heavy (non-hydrogen) atoms. The van der Waals surface area contributed by atoms with Crippen LogP contribution in [0.15, 0.2) is 11.3 Å². The first-order valence-corrected chi connectivity index (χ1v) is 4.39. The van der Waals surface area contributed by atoms with E-state index in [0.717, 1.165) is 6.54 Å². The van der Waals surface area contributed by atoms with Crippen LogP contribution < -0.4 is 11.1 Å². The molecule has 3 N–H and O–H groups in total. The van der Waals surface area contributed by atoms with Gasteiger partial charge < -0.3 is 11.1 Å². The molecule has 2 nitrogen and oxygen atoms in total. The quantitative estimate of drug-likeness (QED) is 0.628. The molecule has 0 saturated heterocycles. The standard InChI is InChI=1S/C9H18N2/c1-7-4-3-5-9(11-2)8(7)6-10/h7,11H,3-6,10H2,1-2H3/t7-/m1/s1. The van der Waals surface area contributed by atoms with Crippen LogP contribution in [0.4, 0.5) is 0 Å². The molecule has 1 aliphatic carbocycles. The lowest BCUT2D eigenvalue weighted by Gasteiger charge is -2.24. The van der Waals surface area contributed by atoms with Gasteiger partial charge >= 0.3 is 0 Å². The fraction of sp³-hybridized carbons (Fsp3) is 0.778. The zero-order valence-corrected chi connectivity index (χ0v) is 7.48. The van der Waals surface area contributed by atoms with Crippen molar-refractivity contribution in [1.29, 1.82) is 0 Å². The number of nitrogens with two attached hydrogens (primary N) is 1. The van der Waals surface area contributed by atoms with Crippen LogP contribution in [0.2, 0.25) is 0 Å². The molecule has 0 bridgehead atoms. The molecule has 1 atom stereocenters. The van der Waals surface area contributed by atoms with Gasteiger partial charge in [0.1, 0.15) is 0 Å². The van der Waals surface area contributed by atoms with E-state index in [0.29, 0.717) is 5.92 Å². The van der Waals surface area contributed by atoms with E-state index in [-0.39, 0.29) is 0 Å². The van der Waals surface area contributed by atoms with Crippen molar-refractivity contribution >= 4 is 0 Å². The molecule has 0 unspecified atom stereocenters. The van der Waals surface area contributed by atoms with E-state index in [2.05, 4.69) is 12.2 Å². The molecule has 1 aliphatic rings. The summed E-state index contributed by atoms with van der Waals surface area (Å²) in [5.74, 6) is 0.691. The molecule has 0 radical (unpaired) electrons. The molecule has 0 heterocycles. The minimum atomic E-state index is 0.691. The van der Waals surface area contributed by atoms with Crippen molar-refractivity contribution in [3.05, 3.63) is 11.3 Å². The second-order valence-corrected chi connectivity index (χ2v) is 3.25. The van der Waals surface area contributed by atoms with Gasteiger partial charge in [0.15, 0.2) is 0 Å². The number of rotatable bonds is 2. The molecule has 0 saturated carbocycles. The van der Waals surface area contributed by atoms with E-state index in [1.54, 1.807) is 0 Å². The maximum absolute atomic E-state index is 5.66. The highest BCUT2D eigenvalue weighted by atomic mass is 14.8. The minimum absolute atomic E-state index is 0.691.